The topological polar surface area (TPSA) is 111 Å². The number of ether oxygens (including phenoxy) is 3. The molecule has 2 fully saturated rings. The molecule has 1 aromatic heterocycles. The van der Waals surface area contributed by atoms with E-state index in [1.54, 1.807) is 54.0 Å². The number of thioether (sulfide) groups is 1. The number of hydrogen-bond donors (Lipinski definition) is 0. The molecule has 6 atom stereocenters. The van der Waals surface area contributed by atoms with Gasteiger partial charge in [-0.25, -0.2) is 4.79 Å². The van der Waals surface area contributed by atoms with Crippen LogP contribution in [0.4, 0.5) is 0 Å². The first kappa shape index (κ1) is 37.4. The molecule has 0 bridgehead atoms. The Morgan fingerprint density at radius 2 is 1.75 bits per heavy atom. The Morgan fingerprint density at radius 3 is 2.35 bits per heavy atom. The standard InChI is InChI=1S/C35H50N4O7SSi/c1-11-14-43-27-17-24(36-19-28(27)44-15-12-2)20-38-21-25(18-26(38)33(40)37(6)7)47-32-22(4)30-29(23(5)46-48(8,9)10)34(41)39(30)31(32)35(42)45-16-13-3/h11-13,17,19,22-23,25-26,29-30H,1-3,14-16,18,20-21H2,4-10H3/t22-,23?,25+,26+,29-,30-/m1/s1. The number of rotatable bonds is 17. The predicted octanol–water partition coefficient (Wildman–Crippen LogP) is 4.63. The number of carbonyl (C=O) groups is 3. The Hall–Kier alpha value is -3.39. The van der Waals surface area contributed by atoms with Crippen LogP contribution in [0.15, 0.2) is 60.8 Å². The molecule has 3 aliphatic heterocycles. The number of likely N-dealkylation sites (N-methyl/N-ethyl adjacent to an activating group) is 1. The van der Waals surface area contributed by atoms with Crippen molar-refractivity contribution in [2.75, 3.05) is 40.5 Å². The molecule has 0 spiro atoms. The molecular formula is C35H50N4O7SSi. The zero-order valence-electron chi connectivity index (χ0n) is 29.3. The number of aromatic nitrogens is 1. The fourth-order valence-electron chi connectivity index (χ4n) is 6.62. The first-order valence-electron chi connectivity index (χ1n) is 16.3. The van der Waals surface area contributed by atoms with Crippen LogP contribution in [0.5, 0.6) is 11.5 Å². The zero-order chi connectivity index (χ0) is 35.3. The van der Waals surface area contributed by atoms with Crippen LogP contribution < -0.4 is 9.47 Å². The Bertz CT molecular complexity index is 1440. The van der Waals surface area contributed by atoms with E-state index in [0.717, 1.165) is 10.6 Å². The molecule has 4 heterocycles. The van der Waals surface area contributed by atoms with E-state index in [1.807, 2.05) is 13.0 Å². The second kappa shape index (κ2) is 15.9. The number of nitrogens with zero attached hydrogens (tertiary/aromatic N) is 4. The van der Waals surface area contributed by atoms with Crippen LogP contribution in [0, 0.1) is 11.8 Å². The monoisotopic (exact) mass is 698 g/mol. The SMILES string of the molecule is C=CCOC(=O)C1=C(S[C@H]2C[C@@H](C(=O)N(C)C)N(Cc3cc(OCC=C)c(OCC=C)cn3)C2)[C@H](C)[C@@H]2[C@@H](C(C)O[Si](C)(C)C)C(=O)N12. The summed E-state index contributed by atoms with van der Waals surface area (Å²) in [5.74, 6) is -0.0955. The summed E-state index contributed by atoms with van der Waals surface area (Å²) in [7, 11) is 1.59. The van der Waals surface area contributed by atoms with E-state index in [4.69, 9.17) is 18.6 Å². The van der Waals surface area contributed by atoms with Gasteiger partial charge in [0.2, 0.25) is 11.8 Å². The molecule has 2 saturated heterocycles. The van der Waals surface area contributed by atoms with Crippen molar-refractivity contribution in [2.24, 2.45) is 11.8 Å². The summed E-state index contributed by atoms with van der Waals surface area (Å²) in [6.45, 7) is 23.1. The lowest BCUT2D eigenvalue weighted by molar-refractivity contribution is -0.163. The van der Waals surface area contributed by atoms with Gasteiger partial charge in [0.05, 0.1) is 36.0 Å². The number of amides is 2. The molecule has 0 radical (unpaired) electrons. The number of hydrogen-bond acceptors (Lipinski definition) is 10. The summed E-state index contributed by atoms with van der Waals surface area (Å²) in [5.41, 5.74) is 1.02. The molecule has 4 rings (SSSR count). The molecule has 13 heteroatoms. The zero-order valence-corrected chi connectivity index (χ0v) is 31.1. The van der Waals surface area contributed by atoms with Crippen molar-refractivity contribution < 1.29 is 33.0 Å². The van der Waals surface area contributed by atoms with E-state index in [2.05, 4.69) is 56.2 Å². The maximum atomic E-state index is 13.6. The molecule has 2 amide bonds. The van der Waals surface area contributed by atoms with E-state index in [0.29, 0.717) is 49.9 Å². The van der Waals surface area contributed by atoms with Gasteiger partial charge in [-0.05, 0) is 33.0 Å². The lowest BCUT2D eigenvalue weighted by atomic mass is 9.79. The van der Waals surface area contributed by atoms with Crippen molar-refractivity contribution in [3.63, 3.8) is 0 Å². The van der Waals surface area contributed by atoms with Crippen molar-refractivity contribution in [3.05, 3.63) is 66.5 Å². The third kappa shape index (κ3) is 8.24. The molecule has 0 N–H and O–H groups in total. The Kier molecular flexibility index (Phi) is 12.4. The van der Waals surface area contributed by atoms with Crippen molar-refractivity contribution >= 4 is 37.9 Å². The number of esters is 1. The lowest BCUT2D eigenvalue weighted by Crippen LogP contribution is -2.64. The summed E-state index contributed by atoms with van der Waals surface area (Å²) in [4.78, 5) is 51.4. The van der Waals surface area contributed by atoms with Crippen LogP contribution >= 0.6 is 11.8 Å². The summed E-state index contributed by atoms with van der Waals surface area (Å²) in [6, 6.07) is 1.22. The number of fused-ring (bicyclic) bond motifs is 1. The van der Waals surface area contributed by atoms with Gasteiger partial charge in [-0.2, -0.15) is 0 Å². The highest BCUT2D eigenvalue weighted by Gasteiger charge is 2.61. The Morgan fingerprint density at radius 1 is 1.10 bits per heavy atom. The smallest absolute Gasteiger partial charge is 0.356 e. The van der Waals surface area contributed by atoms with Gasteiger partial charge in [-0.1, -0.05) is 44.9 Å². The highest BCUT2D eigenvalue weighted by Crippen LogP contribution is 2.53. The molecule has 0 aromatic carbocycles. The second-order valence-electron chi connectivity index (χ2n) is 13.5. The van der Waals surface area contributed by atoms with Gasteiger partial charge in [0.1, 0.15) is 25.5 Å². The first-order chi connectivity index (χ1) is 22.7. The van der Waals surface area contributed by atoms with E-state index in [9.17, 15) is 14.4 Å². The molecule has 1 aromatic rings. The van der Waals surface area contributed by atoms with Crippen molar-refractivity contribution in [1.29, 1.82) is 0 Å². The number of pyridine rings is 1. The average Bonchev–Trinajstić information content (AvgIpc) is 3.52. The quantitative estimate of drug-likeness (QED) is 0.0989. The highest BCUT2D eigenvalue weighted by atomic mass is 32.2. The highest BCUT2D eigenvalue weighted by molar-refractivity contribution is 8.03. The first-order valence-corrected chi connectivity index (χ1v) is 20.6. The lowest BCUT2D eigenvalue weighted by Gasteiger charge is -2.48. The minimum atomic E-state index is -1.91. The van der Waals surface area contributed by atoms with Crippen LogP contribution in [0.3, 0.4) is 0 Å². The molecule has 0 aliphatic carbocycles. The minimum Gasteiger partial charge on any atom is -0.486 e. The minimum absolute atomic E-state index is 0.0115. The molecule has 0 saturated carbocycles. The van der Waals surface area contributed by atoms with E-state index < -0.39 is 20.3 Å². The number of likely N-dealkylation sites (tertiary alicyclic amines) is 1. The van der Waals surface area contributed by atoms with Gasteiger partial charge in [-0.15, -0.1) is 11.8 Å². The van der Waals surface area contributed by atoms with Gasteiger partial charge in [0, 0.05) is 49.3 Å². The third-order valence-electron chi connectivity index (χ3n) is 8.51. The average molecular weight is 699 g/mol. The van der Waals surface area contributed by atoms with E-state index in [-0.39, 0.29) is 47.7 Å². The number of β-lactam (4-membered cyclic amide) rings is 1. The molecular weight excluding hydrogens is 649 g/mol. The van der Waals surface area contributed by atoms with Crippen molar-refractivity contribution in [1.82, 2.24) is 19.7 Å². The van der Waals surface area contributed by atoms with Gasteiger partial charge >= 0.3 is 5.97 Å². The van der Waals surface area contributed by atoms with E-state index in [1.165, 1.54) is 6.08 Å². The Balaban J connectivity index is 1.61. The molecule has 262 valence electrons. The van der Waals surface area contributed by atoms with Crippen LogP contribution in [-0.2, 0) is 30.1 Å². The second-order valence-corrected chi connectivity index (χ2v) is 19.3. The van der Waals surface area contributed by atoms with Crippen LogP contribution in [0.1, 0.15) is 26.0 Å². The summed E-state index contributed by atoms with van der Waals surface area (Å²) >= 11 is 1.57. The predicted molar refractivity (Wildman–Crippen MR) is 190 cm³/mol. The molecule has 3 aliphatic rings. The summed E-state index contributed by atoms with van der Waals surface area (Å²) in [6.07, 6.45) is 6.73. The van der Waals surface area contributed by atoms with Gasteiger partial charge < -0.3 is 28.4 Å². The fraction of sp³-hybridized carbons (Fsp3) is 0.543. The third-order valence-corrected chi connectivity index (χ3v) is 11.1. The molecule has 48 heavy (non-hydrogen) atoms. The van der Waals surface area contributed by atoms with Crippen molar-refractivity contribution in [3.8, 4) is 11.5 Å². The van der Waals surface area contributed by atoms with Gasteiger partial charge in [0.25, 0.3) is 0 Å². The van der Waals surface area contributed by atoms with Crippen LogP contribution in [0.25, 0.3) is 0 Å². The van der Waals surface area contributed by atoms with Gasteiger partial charge in [-0.3, -0.25) is 19.5 Å². The number of carbonyl (C=O) groups excluding carboxylic acids is 3. The summed E-state index contributed by atoms with van der Waals surface area (Å²) < 4.78 is 23.4. The van der Waals surface area contributed by atoms with Crippen molar-refractivity contribution in [2.45, 2.75) is 69.9 Å². The fourth-order valence-corrected chi connectivity index (χ4v) is 9.44. The largest absolute Gasteiger partial charge is 0.486 e. The van der Waals surface area contributed by atoms with E-state index >= 15 is 0 Å². The normalized spacial score (nSPS) is 24.4. The Labute approximate surface area is 290 Å². The molecule has 1 unspecified atom stereocenters. The van der Waals surface area contributed by atoms with Crippen LogP contribution in [-0.4, -0.2) is 110 Å². The maximum absolute atomic E-state index is 13.6. The maximum Gasteiger partial charge on any atom is 0.356 e. The summed E-state index contributed by atoms with van der Waals surface area (Å²) in [5, 5.41) is -0.0341. The van der Waals surface area contributed by atoms with Crippen LogP contribution in [0.2, 0.25) is 19.6 Å². The molecule has 11 nitrogen and oxygen atoms in total. The van der Waals surface area contributed by atoms with Gasteiger partial charge in [0.15, 0.2) is 19.8 Å².